The average molecular weight is 447 g/mol. The first-order valence-corrected chi connectivity index (χ1v) is 10.9. The van der Waals surface area contributed by atoms with E-state index < -0.39 is 0 Å². The van der Waals surface area contributed by atoms with E-state index in [4.69, 9.17) is 11.5 Å². The van der Waals surface area contributed by atoms with Crippen molar-refractivity contribution in [3.05, 3.63) is 78.2 Å². The Kier molecular flexibility index (Phi) is 6.72. The quantitative estimate of drug-likeness (QED) is 0.280. The molecule has 4 rings (SSSR count). The first-order valence-electron chi connectivity index (χ1n) is 10.9. The number of nitrogens with two attached hydrogens (primary N) is 2. The predicted molar refractivity (Wildman–Crippen MR) is 129 cm³/mol. The number of carbonyl (C=O) groups excluding carboxylic acids is 1. The van der Waals surface area contributed by atoms with E-state index >= 15 is 0 Å². The molecule has 1 atom stereocenters. The second-order valence-electron chi connectivity index (χ2n) is 8.09. The standard InChI is InChI=1S/C26H27FN4O2/c27-19-8-3-16(4-9-19)18-7-12-22-23(14-18)31-25(24(22)17-5-10-21(32)11-6-17)26(33)30-15-20(29)2-1-13-28/h3-12,14,20,31-32H,1-2,13,15,28-29H2,(H,30,33). The Morgan fingerprint density at radius 3 is 2.36 bits per heavy atom. The zero-order valence-corrected chi connectivity index (χ0v) is 18.1. The number of hydrogen-bond acceptors (Lipinski definition) is 4. The van der Waals surface area contributed by atoms with Gasteiger partial charge >= 0.3 is 0 Å². The number of aromatic hydroxyl groups is 1. The van der Waals surface area contributed by atoms with E-state index in [1.807, 2.05) is 18.2 Å². The number of rotatable bonds is 8. The first kappa shape index (κ1) is 22.5. The molecule has 7 heteroatoms. The van der Waals surface area contributed by atoms with Crippen molar-refractivity contribution in [3.63, 3.8) is 0 Å². The van der Waals surface area contributed by atoms with Crippen molar-refractivity contribution in [3.8, 4) is 28.0 Å². The molecule has 6 nitrogen and oxygen atoms in total. The molecular formula is C26H27FN4O2. The summed E-state index contributed by atoms with van der Waals surface area (Å²) in [5.74, 6) is -0.409. The Bertz CT molecular complexity index is 1250. The van der Waals surface area contributed by atoms with E-state index in [1.54, 1.807) is 36.4 Å². The molecule has 7 N–H and O–H groups in total. The first-order chi connectivity index (χ1) is 16.0. The van der Waals surface area contributed by atoms with Crippen LogP contribution in [0.1, 0.15) is 23.3 Å². The monoisotopic (exact) mass is 446 g/mol. The van der Waals surface area contributed by atoms with Gasteiger partial charge in [-0.25, -0.2) is 4.39 Å². The van der Waals surface area contributed by atoms with Crippen LogP contribution in [0.25, 0.3) is 33.2 Å². The summed E-state index contributed by atoms with van der Waals surface area (Å²) in [6, 6.07) is 18.6. The van der Waals surface area contributed by atoms with Gasteiger partial charge in [-0.1, -0.05) is 36.4 Å². The van der Waals surface area contributed by atoms with Gasteiger partial charge in [0.2, 0.25) is 0 Å². The zero-order valence-electron chi connectivity index (χ0n) is 18.1. The lowest BCUT2D eigenvalue weighted by Crippen LogP contribution is -2.37. The smallest absolute Gasteiger partial charge is 0.268 e. The number of aromatic amines is 1. The second kappa shape index (κ2) is 9.85. The minimum atomic E-state index is -0.294. The highest BCUT2D eigenvalue weighted by Gasteiger charge is 2.20. The molecule has 0 saturated heterocycles. The minimum absolute atomic E-state index is 0.147. The Morgan fingerprint density at radius 1 is 1.00 bits per heavy atom. The number of hydrogen-bond donors (Lipinski definition) is 5. The molecule has 1 amide bonds. The number of fused-ring (bicyclic) bond motifs is 1. The Balaban J connectivity index is 1.73. The number of H-pyrrole nitrogens is 1. The summed E-state index contributed by atoms with van der Waals surface area (Å²) in [4.78, 5) is 16.4. The van der Waals surface area contributed by atoms with Crippen LogP contribution < -0.4 is 16.8 Å². The Morgan fingerprint density at radius 2 is 1.67 bits per heavy atom. The van der Waals surface area contributed by atoms with Crippen molar-refractivity contribution in [2.45, 2.75) is 18.9 Å². The summed E-state index contributed by atoms with van der Waals surface area (Å²) in [5.41, 5.74) is 16.1. The van der Waals surface area contributed by atoms with Gasteiger partial charge in [-0.2, -0.15) is 0 Å². The van der Waals surface area contributed by atoms with E-state index in [-0.39, 0.29) is 23.5 Å². The van der Waals surface area contributed by atoms with Gasteiger partial charge < -0.3 is 26.9 Å². The molecule has 0 aliphatic carbocycles. The lowest BCUT2D eigenvalue weighted by Gasteiger charge is -2.12. The zero-order chi connectivity index (χ0) is 23.4. The molecule has 170 valence electrons. The van der Waals surface area contributed by atoms with Gasteiger partial charge in [0.15, 0.2) is 0 Å². The Hall–Kier alpha value is -3.68. The van der Waals surface area contributed by atoms with Gasteiger partial charge in [-0.3, -0.25) is 4.79 Å². The highest BCUT2D eigenvalue weighted by atomic mass is 19.1. The van der Waals surface area contributed by atoms with Crippen LogP contribution in [0.2, 0.25) is 0 Å². The van der Waals surface area contributed by atoms with Gasteiger partial charge in [0, 0.05) is 29.1 Å². The highest BCUT2D eigenvalue weighted by molar-refractivity contribution is 6.10. The minimum Gasteiger partial charge on any atom is -0.508 e. The summed E-state index contributed by atoms with van der Waals surface area (Å²) in [6.07, 6.45) is 1.53. The number of carbonyl (C=O) groups is 1. The van der Waals surface area contributed by atoms with Gasteiger partial charge in [0.05, 0.1) is 0 Å². The molecule has 33 heavy (non-hydrogen) atoms. The molecule has 0 spiro atoms. The largest absolute Gasteiger partial charge is 0.508 e. The summed E-state index contributed by atoms with van der Waals surface area (Å²) < 4.78 is 13.3. The normalized spacial score (nSPS) is 12.1. The second-order valence-corrected chi connectivity index (χ2v) is 8.09. The van der Waals surface area contributed by atoms with Gasteiger partial charge in [0.25, 0.3) is 5.91 Å². The molecule has 1 unspecified atom stereocenters. The third-order valence-corrected chi connectivity index (χ3v) is 5.66. The lowest BCUT2D eigenvalue weighted by molar-refractivity contribution is 0.0947. The van der Waals surface area contributed by atoms with E-state index in [0.717, 1.165) is 46.0 Å². The predicted octanol–water partition coefficient (Wildman–Crippen LogP) is 4.14. The number of phenolic OH excluding ortho intramolecular Hbond substituents is 1. The molecular weight excluding hydrogens is 419 g/mol. The third kappa shape index (κ3) is 5.05. The third-order valence-electron chi connectivity index (χ3n) is 5.66. The molecule has 0 fully saturated rings. The number of aromatic nitrogens is 1. The number of phenols is 1. The average Bonchev–Trinajstić information content (AvgIpc) is 3.21. The maximum Gasteiger partial charge on any atom is 0.268 e. The molecule has 1 heterocycles. The fourth-order valence-corrected chi connectivity index (χ4v) is 3.91. The fraction of sp³-hybridized carbons (Fsp3) is 0.192. The molecule has 0 saturated carbocycles. The Labute approximate surface area is 191 Å². The van der Waals surface area contributed by atoms with E-state index in [1.165, 1.54) is 12.1 Å². The molecule has 0 bridgehead atoms. The van der Waals surface area contributed by atoms with Crippen LogP contribution in [0.15, 0.2) is 66.7 Å². The number of halogens is 1. The van der Waals surface area contributed by atoms with Crippen LogP contribution in [-0.4, -0.2) is 35.1 Å². The summed E-state index contributed by atoms with van der Waals surface area (Å²) in [6.45, 7) is 0.898. The topological polar surface area (TPSA) is 117 Å². The van der Waals surface area contributed by atoms with Crippen molar-refractivity contribution >= 4 is 16.8 Å². The summed E-state index contributed by atoms with van der Waals surface area (Å²) in [7, 11) is 0. The van der Waals surface area contributed by atoms with Gasteiger partial charge in [-0.05, 0) is 66.4 Å². The van der Waals surface area contributed by atoms with Crippen LogP contribution in [0, 0.1) is 5.82 Å². The van der Waals surface area contributed by atoms with Crippen molar-refractivity contribution < 1.29 is 14.3 Å². The van der Waals surface area contributed by atoms with Crippen molar-refractivity contribution in [2.75, 3.05) is 13.1 Å². The molecule has 0 radical (unpaired) electrons. The number of amides is 1. The highest BCUT2D eigenvalue weighted by Crippen LogP contribution is 2.35. The van der Waals surface area contributed by atoms with E-state index in [0.29, 0.717) is 18.8 Å². The summed E-state index contributed by atoms with van der Waals surface area (Å²) in [5, 5.41) is 13.5. The molecule has 4 aromatic rings. The summed E-state index contributed by atoms with van der Waals surface area (Å²) >= 11 is 0. The molecule has 1 aromatic heterocycles. The van der Waals surface area contributed by atoms with Gasteiger partial charge in [-0.15, -0.1) is 0 Å². The fourth-order valence-electron chi connectivity index (χ4n) is 3.91. The van der Waals surface area contributed by atoms with Crippen LogP contribution in [-0.2, 0) is 0 Å². The SMILES string of the molecule is NCCCC(N)CNC(=O)c1[nH]c2cc(-c3ccc(F)cc3)ccc2c1-c1ccc(O)cc1. The molecule has 3 aromatic carbocycles. The van der Waals surface area contributed by atoms with E-state index in [9.17, 15) is 14.3 Å². The van der Waals surface area contributed by atoms with Crippen molar-refractivity contribution in [1.29, 1.82) is 0 Å². The maximum absolute atomic E-state index is 13.3. The number of benzene rings is 3. The van der Waals surface area contributed by atoms with Gasteiger partial charge in [0.1, 0.15) is 17.3 Å². The number of nitrogens with one attached hydrogen (secondary N) is 2. The van der Waals surface area contributed by atoms with Crippen LogP contribution in [0.3, 0.4) is 0 Å². The van der Waals surface area contributed by atoms with Crippen LogP contribution >= 0.6 is 0 Å². The van der Waals surface area contributed by atoms with Crippen molar-refractivity contribution in [1.82, 2.24) is 10.3 Å². The molecule has 0 aliphatic rings. The van der Waals surface area contributed by atoms with Crippen LogP contribution in [0.5, 0.6) is 5.75 Å². The van der Waals surface area contributed by atoms with Crippen LogP contribution in [0.4, 0.5) is 4.39 Å². The van der Waals surface area contributed by atoms with E-state index in [2.05, 4.69) is 10.3 Å². The van der Waals surface area contributed by atoms with Crippen molar-refractivity contribution in [2.24, 2.45) is 11.5 Å². The lowest BCUT2D eigenvalue weighted by atomic mass is 9.99. The maximum atomic E-state index is 13.3. The molecule has 0 aliphatic heterocycles.